The number of carbonyl (C=O) groups is 1. The molecule has 0 saturated heterocycles. The van der Waals surface area contributed by atoms with Crippen LogP contribution in [0.5, 0.6) is 0 Å². The predicted octanol–water partition coefficient (Wildman–Crippen LogP) is 3.14. The van der Waals surface area contributed by atoms with Gasteiger partial charge in [0.2, 0.25) is 0 Å². The van der Waals surface area contributed by atoms with Crippen LogP contribution in [0.25, 0.3) is 0 Å². The zero-order valence-corrected chi connectivity index (χ0v) is 10.7. The van der Waals surface area contributed by atoms with Crippen LogP contribution in [-0.2, 0) is 4.79 Å². The molecule has 1 unspecified atom stereocenters. The van der Waals surface area contributed by atoms with Crippen molar-refractivity contribution in [3.63, 3.8) is 0 Å². The summed E-state index contributed by atoms with van der Waals surface area (Å²) in [6.45, 7) is 1.64. The van der Waals surface area contributed by atoms with Gasteiger partial charge in [-0.05, 0) is 48.5 Å². The van der Waals surface area contributed by atoms with Crippen molar-refractivity contribution in [3.8, 4) is 0 Å². The fourth-order valence-electron chi connectivity index (χ4n) is 1.29. The second-order valence-electron chi connectivity index (χ2n) is 3.22. The van der Waals surface area contributed by atoms with E-state index in [4.69, 9.17) is 0 Å². The third-order valence-electron chi connectivity index (χ3n) is 2.07. The molecule has 2 nitrogen and oxygen atoms in total. The van der Waals surface area contributed by atoms with Crippen LogP contribution >= 0.6 is 27.3 Å². The van der Waals surface area contributed by atoms with Crippen molar-refractivity contribution >= 4 is 33.0 Å². The summed E-state index contributed by atoms with van der Waals surface area (Å²) in [5, 5.41) is 3.22. The van der Waals surface area contributed by atoms with Crippen molar-refractivity contribution in [3.05, 3.63) is 20.8 Å². The van der Waals surface area contributed by atoms with Crippen LogP contribution in [-0.4, -0.2) is 12.8 Å². The molecule has 0 aromatic carbocycles. The molecule has 0 amide bonds. The van der Waals surface area contributed by atoms with E-state index in [2.05, 4.69) is 27.3 Å². The Hall–Kier alpha value is -0.190. The number of hydrogen-bond acceptors (Lipinski definition) is 3. The second kappa shape index (κ2) is 5.63. The number of Topliss-reactive ketones (excluding diaryl/α,β-unsaturated/α-hetero) is 1. The van der Waals surface area contributed by atoms with Crippen LogP contribution in [0.3, 0.4) is 0 Å². The summed E-state index contributed by atoms with van der Waals surface area (Å²) in [6.07, 6.45) is 1.51. The third-order valence-corrected chi connectivity index (χ3v) is 3.81. The molecular formula is C10H14BrNOS. The summed E-state index contributed by atoms with van der Waals surface area (Å²) < 4.78 is 1.13. The number of ketones is 1. The molecule has 0 fully saturated rings. The van der Waals surface area contributed by atoms with E-state index < -0.39 is 0 Å². The summed E-state index contributed by atoms with van der Waals surface area (Å²) in [5.74, 6) is 0.251. The molecule has 1 N–H and O–H groups in total. The summed E-state index contributed by atoms with van der Waals surface area (Å²) in [6, 6.07) is 4.43. The van der Waals surface area contributed by atoms with Gasteiger partial charge < -0.3 is 10.1 Å². The molecule has 1 rings (SSSR count). The van der Waals surface area contributed by atoms with Crippen molar-refractivity contribution in [2.75, 3.05) is 7.05 Å². The minimum Gasteiger partial charge on any atom is -0.312 e. The first-order chi connectivity index (χ1) is 6.63. The minimum absolute atomic E-state index is 0.251. The Morgan fingerprint density at radius 2 is 2.36 bits per heavy atom. The van der Waals surface area contributed by atoms with Gasteiger partial charge in [0, 0.05) is 17.3 Å². The first-order valence-electron chi connectivity index (χ1n) is 4.55. The Balaban J connectivity index is 2.58. The maximum atomic E-state index is 10.9. The van der Waals surface area contributed by atoms with Gasteiger partial charge in [0.1, 0.15) is 5.78 Å². The van der Waals surface area contributed by atoms with Crippen LogP contribution in [0.2, 0.25) is 0 Å². The molecule has 1 atom stereocenters. The number of carbonyl (C=O) groups excluding carboxylic acids is 1. The van der Waals surface area contributed by atoms with E-state index in [1.165, 1.54) is 4.88 Å². The zero-order valence-electron chi connectivity index (χ0n) is 8.34. The van der Waals surface area contributed by atoms with Gasteiger partial charge in [-0.15, -0.1) is 11.3 Å². The quantitative estimate of drug-likeness (QED) is 0.895. The van der Waals surface area contributed by atoms with Gasteiger partial charge in [-0.3, -0.25) is 0 Å². The fraction of sp³-hybridized carbons (Fsp3) is 0.500. The van der Waals surface area contributed by atoms with Gasteiger partial charge in [0.25, 0.3) is 0 Å². The molecule has 0 bridgehead atoms. The molecule has 0 aliphatic heterocycles. The molecule has 1 heterocycles. The van der Waals surface area contributed by atoms with Crippen molar-refractivity contribution in [1.82, 2.24) is 5.32 Å². The van der Waals surface area contributed by atoms with Gasteiger partial charge in [-0.1, -0.05) is 0 Å². The van der Waals surface area contributed by atoms with Gasteiger partial charge in [0.15, 0.2) is 0 Å². The van der Waals surface area contributed by atoms with Gasteiger partial charge in [0.05, 0.1) is 3.79 Å². The molecule has 1 aromatic rings. The molecular weight excluding hydrogens is 262 g/mol. The lowest BCUT2D eigenvalue weighted by atomic mass is 10.1. The minimum atomic E-state index is 0.251. The summed E-state index contributed by atoms with van der Waals surface area (Å²) >= 11 is 5.15. The number of halogens is 1. The summed E-state index contributed by atoms with van der Waals surface area (Å²) in [4.78, 5) is 12.1. The van der Waals surface area contributed by atoms with Gasteiger partial charge in [-0.25, -0.2) is 0 Å². The van der Waals surface area contributed by atoms with Crippen molar-refractivity contribution < 1.29 is 4.79 Å². The van der Waals surface area contributed by atoms with Crippen molar-refractivity contribution in [1.29, 1.82) is 0 Å². The van der Waals surface area contributed by atoms with E-state index in [9.17, 15) is 4.79 Å². The normalized spacial score (nSPS) is 12.8. The molecule has 1 aromatic heterocycles. The molecule has 0 aliphatic rings. The molecule has 14 heavy (non-hydrogen) atoms. The number of rotatable bonds is 5. The van der Waals surface area contributed by atoms with Crippen molar-refractivity contribution in [2.45, 2.75) is 25.8 Å². The van der Waals surface area contributed by atoms with Crippen LogP contribution < -0.4 is 5.32 Å². The molecule has 0 saturated carbocycles. The summed E-state index contributed by atoms with van der Waals surface area (Å²) in [7, 11) is 1.93. The smallest absolute Gasteiger partial charge is 0.129 e. The largest absolute Gasteiger partial charge is 0.312 e. The Bertz CT molecular complexity index is 311. The van der Waals surface area contributed by atoms with Crippen LogP contribution in [0, 0.1) is 0 Å². The van der Waals surface area contributed by atoms with Crippen LogP contribution in [0.4, 0.5) is 0 Å². The van der Waals surface area contributed by atoms with Crippen molar-refractivity contribution in [2.24, 2.45) is 0 Å². The highest BCUT2D eigenvalue weighted by Gasteiger charge is 2.11. The SMILES string of the molecule is CNC(CCC(C)=O)c1ccc(Br)s1. The van der Waals surface area contributed by atoms with E-state index in [1.54, 1.807) is 18.3 Å². The molecule has 78 valence electrons. The first kappa shape index (κ1) is 11.9. The Kier molecular flexibility index (Phi) is 4.78. The number of hydrogen-bond donors (Lipinski definition) is 1. The van der Waals surface area contributed by atoms with Gasteiger partial charge >= 0.3 is 0 Å². The standard InChI is InChI=1S/C10H14BrNOS/c1-7(13)3-4-8(12-2)9-5-6-10(11)14-9/h5-6,8,12H,3-4H2,1-2H3. The highest BCUT2D eigenvalue weighted by atomic mass is 79.9. The van der Waals surface area contributed by atoms with Crippen LogP contribution in [0.15, 0.2) is 15.9 Å². The molecule has 0 spiro atoms. The average Bonchev–Trinajstić information content (AvgIpc) is 2.53. The summed E-state index contributed by atoms with van der Waals surface area (Å²) in [5.41, 5.74) is 0. The number of thiophene rings is 1. The monoisotopic (exact) mass is 275 g/mol. The Morgan fingerprint density at radius 1 is 1.64 bits per heavy atom. The molecule has 0 aliphatic carbocycles. The Labute approximate surface area is 96.8 Å². The third kappa shape index (κ3) is 3.52. The topological polar surface area (TPSA) is 29.1 Å². The predicted molar refractivity (Wildman–Crippen MR) is 63.7 cm³/mol. The van der Waals surface area contributed by atoms with E-state index in [0.717, 1.165) is 10.2 Å². The molecule has 4 heteroatoms. The number of nitrogens with one attached hydrogen (secondary N) is 1. The highest BCUT2D eigenvalue weighted by molar-refractivity contribution is 9.11. The van der Waals surface area contributed by atoms with E-state index >= 15 is 0 Å². The van der Waals surface area contributed by atoms with E-state index in [1.807, 2.05) is 13.1 Å². The fourth-order valence-corrected chi connectivity index (χ4v) is 2.86. The lowest BCUT2D eigenvalue weighted by molar-refractivity contribution is -0.117. The van der Waals surface area contributed by atoms with E-state index in [0.29, 0.717) is 12.5 Å². The average molecular weight is 276 g/mol. The molecule has 0 radical (unpaired) electrons. The Morgan fingerprint density at radius 3 is 2.79 bits per heavy atom. The maximum absolute atomic E-state index is 10.9. The lowest BCUT2D eigenvalue weighted by Gasteiger charge is -2.12. The first-order valence-corrected chi connectivity index (χ1v) is 6.16. The van der Waals surface area contributed by atoms with Crippen LogP contribution in [0.1, 0.15) is 30.7 Å². The second-order valence-corrected chi connectivity index (χ2v) is 5.72. The van der Waals surface area contributed by atoms with E-state index in [-0.39, 0.29) is 5.78 Å². The maximum Gasteiger partial charge on any atom is 0.129 e. The zero-order chi connectivity index (χ0) is 10.6. The lowest BCUT2D eigenvalue weighted by Crippen LogP contribution is -2.15. The van der Waals surface area contributed by atoms with Gasteiger partial charge in [-0.2, -0.15) is 0 Å². The highest BCUT2D eigenvalue weighted by Crippen LogP contribution is 2.29.